The fourth-order valence-electron chi connectivity index (χ4n) is 5.16. The van der Waals surface area contributed by atoms with Crippen molar-refractivity contribution in [1.82, 2.24) is 10.2 Å². The molecular formula is C31H39N3O4S. The summed E-state index contributed by atoms with van der Waals surface area (Å²) in [5.74, 6) is -0.202. The molecule has 3 atom stereocenters. The molecule has 1 aliphatic rings. The third-order valence-corrected chi connectivity index (χ3v) is 9.27. The van der Waals surface area contributed by atoms with Crippen molar-refractivity contribution < 1.29 is 17.9 Å². The molecule has 0 saturated carbocycles. The number of amides is 1. The summed E-state index contributed by atoms with van der Waals surface area (Å²) in [6.07, 6.45) is 1.91. The summed E-state index contributed by atoms with van der Waals surface area (Å²) in [6, 6.07) is 27.3. The van der Waals surface area contributed by atoms with Crippen LogP contribution in [0.25, 0.3) is 0 Å². The summed E-state index contributed by atoms with van der Waals surface area (Å²) < 4.78 is 32.7. The van der Waals surface area contributed by atoms with E-state index in [9.17, 15) is 13.2 Å². The molecule has 4 rings (SSSR count). The van der Waals surface area contributed by atoms with Gasteiger partial charge < -0.3 is 10.1 Å². The van der Waals surface area contributed by atoms with Crippen LogP contribution in [-0.2, 0) is 21.2 Å². The monoisotopic (exact) mass is 549 g/mol. The highest BCUT2D eigenvalue weighted by atomic mass is 32.2. The van der Waals surface area contributed by atoms with Crippen molar-refractivity contribution in [2.45, 2.75) is 51.3 Å². The van der Waals surface area contributed by atoms with Gasteiger partial charge in [-0.2, -0.15) is 0 Å². The molecule has 39 heavy (non-hydrogen) atoms. The molecule has 1 fully saturated rings. The first-order chi connectivity index (χ1) is 18.8. The van der Waals surface area contributed by atoms with Crippen molar-refractivity contribution in [3.05, 3.63) is 102 Å². The van der Waals surface area contributed by atoms with Gasteiger partial charge in [-0.3, -0.25) is 14.0 Å². The normalized spacial score (nSPS) is 17.5. The van der Waals surface area contributed by atoms with Crippen LogP contribution in [0.15, 0.2) is 84.9 Å². The van der Waals surface area contributed by atoms with Gasteiger partial charge in [0.15, 0.2) is 0 Å². The predicted octanol–water partition coefficient (Wildman–Crippen LogP) is 5.01. The highest BCUT2D eigenvalue weighted by Crippen LogP contribution is 2.29. The Morgan fingerprint density at radius 2 is 1.72 bits per heavy atom. The average molecular weight is 550 g/mol. The first-order valence-electron chi connectivity index (χ1n) is 13.6. The summed E-state index contributed by atoms with van der Waals surface area (Å²) in [4.78, 5) is 15.8. The number of carbonyl (C=O) groups excluding carboxylic acids is 1. The zero-order valence-electron chi connectivity index (χ0n) is 23.0. The predicted molar refractivity (Wildman–Crippen MR) is 156 cm³/mol. The van der Waals surface area contributed by atoms with E-state index in [1.54, 1.807) is 24.3 Å². The van der Waals surface area contributed by atoms with E-state index in [2.05, 4.69) is 53.5 Å². The van der Waals surface area contributed by atoms with Crippen molar-refractivity contribution in [2.75, 3.05) is 30.4 Å². The van der Waals surface area contributed by atoms with Gasteiger partial charge in [0, 0.05) is 25.2 Å². The summed E-state index contributed by atoms with van der Waals surface area (Å²) in [5.41, 5.74) is 3.24. The quantitative estimate of drug-likeness (QED) is 0.344. The highest BCUT2D eigenvalue weighted by Gasteiger charge is 2.35. The maximum atomic E-state index is 13.5. The van der Waals surface area contributed by atoms with Crippen molar-refractivity contribution in [3.63, 3.8) is 0 Å². The Morgan fingerprint density at radius 3 is 2.38 bits per heavy atom. The number of carbonyl (C=O) groups is 1. The lowest BCUT2D eigenvalue weighted by molar-refractivity contribution is 0.0543. The molecule has 0 spiro atoms. The number of ether oxygens (including phenoxy) is 1. The molecule has 3 aromatic rings. The maximum absolute atomic E-state index is 13.5. The van der Waals surface area contributed by atoms with Gasteiger partial charge in [-0.25, -0.2) is 8.42 Å². The number of hydrogen-bond acceptors (Lipinski definition) is 5. The second-order valence-corrected chi connectivity index (χ2v) is 12.2. The van der Waals surface area contributed by atoms with Gasteiger partial charge in [-0.1, -0.05) is 80.6 Å². The van der Waals surface area contributed by atoms with Crippen LogP contribution in [0.2, 0.25) is 0 Å². The van der Waals surface area contributed by atoms with Gasteiger partial charge >= 0.3 is 0 Å². The third-order valence-electron chi connectivity index (χ3n) is 7.30. The van der Waals surface area contributed by atoms with E-state index in [0.29, 0.717) is 37.4 Å². The zero-order chi connectivity index (χ0) is 27.8. The molecule has 1 N–H and O–H groups in total. The molecule has 7 nitrogen and oxygen atoms in total. The SMILES string of the molecule is CCCS(=O)(=O)N(C)c1cccc(C(=O)NC(Cc2ccccc2)C2CN([C@@H](CC)c3ccccc3)CO2)c1. The van der Waals surface area contributed by atoms with Crippen LogP contribution >= 0.6 is 0 Å². The first kappa shape index (κ1) is 28.8. The van der Waals surface area contributed by atoms with E-state index < -0.39 is 10.0 Å². The summed E-state index contributed by atoms with van der Waals surface area (Å²) in [7, 11) is -1.92. The van der Waals surface area contributed by atoms with Crippen molar-refractivity contribution in [2.24, 2.45) is 0 Å². The largest absolute Gasteiger partial charge is 0.359 e. The fraction of sp³-hybridized carbons (Fsp3) is 0.387. The first-order valence-corrected chi connectivity index (χ1v) is 15.2. The molecule has 0 bridgehead atoms. The number of hydrogen-bond donors (Lipinski definition) is 1. The van der Waals surface area contributed by atoms with Gasteiger partial charge in [-0.05, 0) is 48.6 Å². The number of nitrogens with zero attached hydrogens (tertiary/aromatic N) is 2. The molecule has 0 radical (unpaired) electrons. The number of sulfonamides is 1. The van der Waals surface area contributed by atoms with Crippen LogP contribution in [-0.4, -0.2) is 57.4 Å². The minimum absolute atomic E-state index is 0.0519. The van der Waals surface area contributed by atoms with Crippen LogP contribution in [0.4, 0.5) is 5.69 Å². The second-order valence-electron chi connectivity index (χ2n) is 10.0. The summed E-state index contributed by atoms with van der Waals surface area (Å²) >= 11 is 0. The molecule has 1 saturated heterocycles. The van der Waals surface area contributed by atoms with Crippen LogP contribution in [0.5, 0.6) is 0 Å². The Hall–Kier alpha value is -3.20. The topological polar surface area (TPSA) is 79.0 Å². The Bertz CT molecular complexity index is 1320. The molecule has 3 aromatic carbocycles. The van der Waals surface area contributed by atoms with E-state index in [-0.39, 0.29) is 29.8 Å². The Labute approximate surface area is 232 Å². The lowest BCUT2D eigenvalue weighted by atomic mass is 9.99. The fourth-order valence-corrected chi connectivity index (χ4v) is 6.39. The Balaban J connectivity index is 1.53. The van der Waals surface area contributed by atoms with Gasteiger partial charge in [0.2, 0.25) is 10.0 Å². The minimum Gasteiger partial charge on any atom is -0.359 e. The number of benzene rings is 3. The van der Waals surface area contributed by atoms with E-state index in [1.165, 1.54) is 16.9 Å². The lowest BCUT2D eigenvalue weighted by Crippen LogP contribution is -2.46. The molecular weight excluding hydrogens is 510 g/mol. The van der Waals surface area contributed by atoms with Crippen LogP contribution < -0.4 is 9.62 Å². The summed E-state index contributed by atoms with van der Waals surface area (Å²) in [6.45, 7) is 5.20. The maximum Gasteiger partial charge on any atom is 0.251 e. The average Bonchev–Trinajstić information content (AvgIpc) is 3.44. The Morgan fingerprint density at radius 1 is 1.03 bits per heavy atom. The van der Waals surface area contributed by atoms with E-state index >= 15 is 0 Å². The van der Waals surface area contributed by atoms with Gasteiger partial charge in [-0.15, -0.1) is 0 Å². The lowest BCUT2D eigenvalue weighted by Gasteiger charge is -2.27. The molecule has 2 unspecified atom stereocenters. The molecule has 1 amide bonds. The number of anilines is 1. The van der Waals surface area contributed by atoms with Crippen molar-refractivity contribution >= 4 is 21.6 Å². The van der Waals surface area contributed by atoms with Crippen LogP contribution in [0.1, 0.15) is 54.2 Å². The highest BCUT2D eigenvalue weighted by molar-refractivity contribution is 7.92. The van der Waals surface area contributed by atoms with Crippen molar-refractivity contribution in [1.29, 1.82) is 0 Å². The number of rotatable bonds is 12. The molecule has 0 aliphatic carbocycles. The molecule has 0 aromatic heterocycles. The second kappa shape index (κ2) is 13.2. The van der Waals surface area contributed by atoms with Gasteiger partial charge in [0.25, 0.3) is 5.91 Å². The zero-order valence-corrected chi connectivity index (χ0v) is 23.8. The van der Waals surface area contributed by atoms with Crippen LogP contribution in [0.3, 0.4) is 0 Å². The molecule has 8 heteroatoms. The van der Waals surface area contributed by atoms with Crippen molar-refractivity contribution in [3.8, 4) is 0 Å². The van der Waals surface area contributed by atoms with E-state index in [0.717, 1.165) is 12.0 Å². The van der Waals surface area contributed by atoms with Gasteiger partial charge in [0.05, 0.1) is 23.6 Å². The van der Waals surface area contributed by atoms with Crippen LogP contribution in [0, 0.1) is 0 Å². The van der Waals surface area contributed by atoms with E-state index in [4.69, 9.17) is 4.74 Å². The molecule has 208 valence electrons. The smallest absolute Gasteiger partial charge is 0.251 e. The van der Waals surface area contributed by atoms with E-state index in [1.807, 2.05) is 31.2 Å². The Kier molecular flexibility index (Phi) is 9.78. The molecule has 1 aliphatic heterocycles. The minimum atomic E-state index is -3.45. The number of nitrogens with one attached hydrogen (secondary N) is 1. The standard InChI is InChI=1S/C31H39N3O4S/c1-4-19-39(36,37)33(3)27-18-12-17-26(21-27)31(35)32-28(20-24-13-8-6-9-14-24)30-22-34(23-38-30)29(5-2)25-15-10-7-11-16-25/h6-18,21,28-30H,4-5,19-20,22-23H2,1-3H3,(H,32,35)/t28?,29-,30?/m0/s1. The summed E-state index contributed by atoms with van der Waals surface area (Å²) in [5, 5.41) is 3.21. The van der Waals surface area contributed by atoms with Gasteiger partial charge in [0.1, 0.15) is 6.73 Å². The molecule has 1 heterocycles. The third kappa shape index (κ3) is 7.26.